The Bertz CT molecular complexity index is 1200. The quantitative estimate of drug-likeness (QED) is 0.370. The van der Waals surface area contributed by atoms with Crippen molar-refractivity contribution in [1.29, 1.82) is 0 Å². The van der Waals surface area contributed by atoms with E-state index in [4.69, 9.17) is 0 Å². The van der Waals surface area contributed by atoms with Gasteiger partial charge in [-0.1, -0.05) is 36.4 Å². The number of pyridine rings is 1. The third-order valence-corrected chi connectivity index (χ3v) is 5.62. The first-order valence-electron chi connectivity index (χ1n) is 11.1. The van der Waals surface area contributed by atoms with Crippen molar-refractivity contribution in [3.63, 3.8) is 0 Å². The lowest BCUT2D eigenvalue weighted by Crippen LogP contribution is -2.56. The molecular formula is C25H24N6O4. The van der Waals surface area contributed by atoms with Crippen molar-refractivity contribution in [1.82, 2.24) is 30.9 Å². The Morgan fingerprint density at radius 1 is 0.914 bits per heavy atom. The first-order valence-corrected chi connectivity index (χ1v) is 11.1. The van der Waals surface area contributed by atoms with Crippen LogP contribution in [0.5, 0.6) is 0 Å². The number of hydrogen-bond donors (Lipinski definition) is 3. The van der Waals surface area contributed by atoms with Crippen molar-refractivity contribution in [2.45, 2.75) is 37.4 Å². The van der Waals surface area contributed by atoms with Gasteiger partial charge in [-0.2, -0.15) is 0 Å². The minimum Gasteiger partial charge on any atom is -0.344 e. The van der Waals surface area contributed by atoms with Crippen LogP contribution in [0.2, 0.25) is 0 Å². The average molecular weight is 473 g/mol. The maximum Gasteiger partial charge on any atom is 0.289 e. The zero-order chi connectivity index (χ0) is 24.7. The molecule has 3 N–H and O–H groups in total. The fourth-order valence-corrected chi connectivity index (χ4v) is 3.51. The molecule has 1 aliphatic carbocycles. The Morgan fingerprint density at radius 2 is 1.69 bits per heavy atom. The number of amides is 3. The van der Waals surface area contributed by atoms with E-state index in [0.717, 1.165) is 5.56 Å². The van der Waals surface area contributed by atoms with Gasteiger partial charge in [-0.05, 0) is 30.5 Å². The molecule has 3 aromatic rings. The Hall–Kier alpha value is -4.47. The van der Waals surface area contributed by atoms with E-state index in [1.807, 2.05) is 18.2 Å². The van der Waals surface area contributed by atoms with Gasteiger partial charge in [0, 0.05) is 25.0 Å². The maximum absolute atomic E-state index is 13.1. The molecule has 0 aliphatic heterocycles. The van der Waals surface area contributed by atoms with Gasteiger partial charge in [0.05, 0.1) is 18.4 Å². The number of benzene rings is 1. The third-order valence-electron chi connectivity index (χ3n) is 5.62. The van der Waals surface area contributed by atoms with Crippen LogP contribution in [0.15, 0.2) is 73.3 Å². The van der Waals surface area contributed by atoms with Gasteiger partial charge in [0.25, 0.3) is 11.8 Å². The minimum atomic E-state index is -1.16. The molecule has 0 bridgehead atoms. The third kappa shape index (κ3) is 6.11. The van der Waals surface area contributed by atoms with Crippen molar-refractivity contribution >= 4 is 23.5 Å². The number of Topliss-reactive ketones (excluding diaryl/α,β-unsaturated/α-hetero) is 1. The van der Waals surface area contributed by atoms with Crippen molar-refractivity contribution in [2.75, 3.05) is 0 Å². The fraction of sp³-hybridized carbons (Fsp3) is 0.240. The topological polar surface area (TPSA) is 143 Å². The van der Waals surface area contributed by atoms with E-state index in [1.165, 1.54) is 18.6 Å². The maximum atomic E-state index is 13.1. The summed E-state index contributed by atoms with van der Waals surface area (Å²) in [4.78, 5) is 63.3. The first kappa shape index (κ1) is 23.7. The van der Waals surface area contributed by atoms with E-state index in [2.05, 4.69) is 30.9 Å². The number of ketones is 1. The van der Waals surface area contributed by atoms with Gasteiger partial charge >= 0.3 is 0 Å². The van der Waals surface area contributed by atoms with Crippen LogP contribution < -0.4 is 16.0 Å². The lowest BCUT2D eigenvalue weighted by atomic mass is 10.0. The van der Waals surface area contributed by atoms with E-state index < -0.39 is 35.1 Å². The Morgan fingerprint density at radius 3 is 2.34 bits per heavy atom. The summed E-state index contributed by atoms with van der Waals surface area (Å²) in [6.45, 7) is 0.0789. The molecule has 0 unspecified atom stereocenters. The van der Waals surface area contributed by atoms with Gasteiger partial charge < -0.3 is 16.0 Å². The number of nitrogens with one attached hydrogen (secondary N) is 3. The van der Waals surface area contributed by atoms with Gasteiger partial charge in [-0.15, -0.1) is 0 Å². The predicted molar refractivity (Wildman–Crippen MR) is 125 cm³/mol. The van der Waals surface area contributed by atoms with Crippen LogP contribution in [-0.4, -0.2) is 50.0 Å². The summed E-state index contributed by atoms with van der Waals surface area (Å²) < 4.78 is 0. The van der Waals surface area contributed by atoms with Crippen LogP contribution in [0, 0.1) is 0 Å². The molecule has 0 saturated heterocycles. The second-order valence-corrected chi connectivity index (χ2v) is 8.21. The van der Waals surface area contributed by atoms with Crippen molar-refractivity contribution in [3.8, 4) is 0 Å². The van der Waals surface area contributed by atoms with Crippen LogP contribution in [0.1, 0.15) is 34.6 Å². The highest BCUT2D eigenvalue weighted by Crippen LogP contribution is 2.36. The summed E-state index contributed by atoms with van der Waals surface area (Å²) in [6, 6.07) is 13.2. The standard InChI is InChI=1S/C25H24N6O4/c32-21(23(34)29-15-18-8-4-5-11-27-18)19(14-17-6-2-1-3-7-17)30-24(35)25(9-10-25)31-22(33)20-16-26-12-13-28-20/h1-8,11-13,16,19H,9-10,14-15H2,(H,29,34)(H,30,35)(H,31,33)/t19-/m1/s1. The molecule has 0 radical (unpaired) electrons. The average Bonchev–Trinajstić information content (AvgIpc) is 3.68. The molecule has 0 spiro atoms. The van der Waals surface area contributed by atoms with E-state index >= 15 is 0 Å². The van der Waals surface area contributed by atoms with E-state index in [0.29, 0.717) is 18.5 Å². The van der Waals surface area contributed by atoms with Crippen molar-refractivity contribution in [3.05, 3.63) is 90.3 Å². The van der Waals surface area contributed by atoms with Gasteiger partial charge in [0.15, 0.2) is 0 Å². The minimum absolute atomic E-state index is 0.0789. The molecule has 1 atom stereocenters. The van der Waals surface area contributed by atoms with Gasteiger partial charge in [-0.25, -0.2) is 4.98 Å². The summed E-state index contributed by atoms with van der Waals surface area (Å²) >= 11 is 0. The Balaban J connectivity index is 1.45. The molecule has 2 aromatic heterocycles. The fourth-order valence-electron chi connectivity index (χ4n) is 3.51. The Kier molecular flexibility index (Phi) is 7.20. The van der Waals surface area contributed by atoms with Gasteiger partial charge in [0.2, 0.25) is 11.7 Å². The lowest BCUT2D eigenvalue weighted by Gasteiger charge is -2.22. The van der Waals surface area contributed by atoms with E-state index in [1.54, 1.807) is 36.5 Å². The second kappa shape index (κ2) is 10.6. The highest BCUT2D eigenvalue weighted by Gasteiger charge is 2.52. The zero-order valence-electron chi connectivity index (χ0n) is 18.8. The molecule has 3 amide bonds. The molecule has 1 fully saturated rings. The van der Waals surface area contributed by atoms with Gasteiger partial charge in [-0.3, -0.25) is 29.1 Å². The second-order valence-electron chi connectivity index (χ2n) is 8.21. The molecule has 1 saturated carbocycles. The van der Waals surface area contributed by atoms with Gasteiger partial charge in [0.1, 0.15) is 17.3 Å². The summed E-state index contributed by atoms with van der Waals surface area (Å²) in [6.07, 6.45) is 6.65. The molecular weight excluding hydrogens is 448 g/mol. The molecule has 1 aromatic carbocycles. The number of aromatic nitrogens is 3. The number of rotatable bonds is 10. The van der Waals surface area contributed by atoms with Crippen LogP contribution in [-0.2, 0) is 27.3 Å². The highest BCUT2D eigenvalue weighted by molar-refractivity contribution is 6.38. The highest BCUT2D eigenvalue weighted by atomic mass is 16.2. The normalized spacial score (nSPS) is 14.3. The number of nitrogens with zero attached hydrogens (tertiary/aromatic N) is 3. The van der Waals surface area contributed by atoms with Crippen LogP contribution in [0.25, 0.3) is 0 Å². The molecule has 10 nitrogen and oxygen atoms in total. The SMILES string of the molecule is O=C(NCc1ccccn1)C(=O)[C@@H](Cc1ccccc1)NC(=O)C1(NC(=O)c2cnccn2)CC1. The summed E-state index contributed by atoms with van der Waals surface area (Å²) in [5.74, 6) is -2.68. The van der Waals surface area contributed by atoms with Crippen LogP contribution in [0.4, 0.5) is 0 Å². The lowest BCUT2D eigenvalue weighted by molar-refractivity contribution is -0.140. The zero-order valence-corrected chi connectivity index (χ0v) is 18.8. The van der Waals surface area contributed by atoms with E-state index in [9.17, 15) is 19.2 Å². The number of carbonyl (C=O) groups is 4. The Labute approximate surface area is 201 Å². The number of carbonyl (C=O) groups excluding carboxylic acids is 4. The first-order chi connectivity index (χ1) is 17.0. The molecule has 35 heavy (non-hydrogen) atoms. The monoisotopic (exact) mass is 472 g/mol. The smallest absolute Gasteiger partial charge is 0.289 e. The number of hydrogen-bond acceptors (Lipinski definition) is 7. The van der Waals surface area contributed by atoms with Crippen LogP contribution >= 0.6 is 0 Å². The predicted octanol–water partition coefficient (Wildman–Crippen LogP) is 0.747. The molecule has 178 valence electrons. The molecule has 4 rings (SSSR count). The summed E-state index contributed by atoms with van der Waals surface area (Å²) in [5.41, 5.74) is 0.296. The molecule has 2 heterocycles. The van der Waals surface area contributed by atoms with Crippen molar-refractivity contribution in [2.24, 2.45) is 0 Å². The van der Waals surface area contributed by atoms with Crippen LogP contribution in [0.3, 0.4) is 0 Å². The molecule has 10 heteroatoms. The summed E-state index contributed by atoms with van der Waals surface area (Å²) in [7, 11) is 0. The molecule has 1 aliphatic rings. The largest absolute Gasteiger partial charge is 0.344 e. The van der Waals surface area contributed by atoms with Crippen molar-refractivity contribution < 1.29 is 19.2 Å². The summed E-state index contributed by atoms with van der Waals surface area (Å²) in [5, 5.41) is 7.94. The van der Waals surface area contributed by atoms with E-state index in [-0.39, 0.29) is 18.7 Å².